The van der Waals surface area contributed by atoms with E-state index in [1.165, 1.54) is 17.0 Å². The Hall–Kier alpha value is -3.85. The van der Waals surface area contributed by atoms with Gasteiger partial charge in [-0.05, 0) is 81.1 Å². The molecule has 0 bridgehead atoms. The highest BCUT2D eigenvalue weighted by atomic mass is 32.2. The van der Waals surface area contributed by atoms with Gasteiger partial charge in [-0.1, -0.05) is 49.4 Å². The molecule has 214 valence electrons. The highest BCUT2D eigenvalue weighted by molar-refractivity contribution is 7.92. The number of rotatable bonds is 12. The molecule has 0 aliphatic carbocycles. The minimum atomic E-state index is -4.10. The molecule has 3 rings (SSSR count). The fourth-order valence-electron chi connectivity index (χ4n) is 4.21. The first-order valence-electron chi connectivity index (χ1n) is 13.4. The lowest BCUT2D eigenvalue weighted by Gasteiger charge is -2.33. The van der Waals surface area contributed by atoms with Gasteiger partial charge in [-0.15, -0.1) is 0 Å². The van der Waals surface area contributed by atoms with Crippen molar-refractivity contribution < 1.29 is 22.7 Å². The van der Waals surface area contributed by atoms with Gasteiger partial charge < -0.3 is 15.0 Å². The van der Waals surface area contributed by atoms with Crippen LogP contribution in [0.3, 0.4) is 0 Å². The fourth-order valence-corrected chi connectivity index (χ4v) is 5.71. The number of benzene rings is 3. The van der Waals surface area contributed by atoms with Crippen LogP contribution in [-0.2, 0) is 26.2 Å². The molecular weight excluding hydrogens is 526 g/mol. The molecule has 0 unspecified atom stereocenters. The van der Waals surface area contributed by atoms with E-state index >= 15 is 0 Å². The number of nitrogens with one attached hydrogen (secondary N) is 1. The number of hydrogen-bond donors (Lipinski definition) is 1. The van der Waals surface area contributed by atoms with E-state index < -0.39 is 28.5 Å². The highest BCUT2D eigenvalue weighted by Crippen LogP contribution is 2.29. The Kier molecular flexibility index (Phi) is 10.3. The van der Waals surface area contributed by atoms with E-state index in [0.717, 1.165) is 27.4 Å². The van der Waals surface area contributed by atoms with Crippen LogP contribution in [0.4, 0.5) is 5.69 Å². The number of carbonyl (C=O) groups excluding carboxylic acids is 2. The van der Waals surface area contributed by atoms with E-state index in [-0.39, 0.29) is 23.4 Å². The number of anilines is 1. The third-order valence-electron chi connectivity index (χ3n) is 7.14. The van der Waals surface area contributed by atoms with Crippen molar-refractivity contribution in [2.24, 2.45) is 0 Å². The van der Waals surface area contributed by atoms with Gasteiger partial charge in [-0.2, -0.15) is 0 Å². The van der Waals surface area contributed by atoms with Crippen LogP contribution in [0.1, 0.15) is 43.9 Å². The summed E-state index contributed by atoms with van der Waals surface area (Å²) in [4.78, 5) is 28.7. The summed E-state index contributed by atoms with van der Waals surface area (Å²) >= 11 is 0. The smallest absolute Gasteiger partial charge is 0.264 e. The molecule has 0 heterocycles. The number of aryl methyl sites for hydroxylation is 1. The SMILES string of the molecule is CC[C@H](C)NC(=O)[C@@H](C)N(Cc1ccc(OC)cc1)C(=O)CN(c1cccc(C)c1C)S(=O)(=O)c1ccccc1. The molecule has 0 saturated carbocycles. The minimum absolute atomic E-state index is 0.0715. The van der Waals surface area contributed by atoms with E-state index in [2.05, 4.69) is 5.32 Å². The Morgan fingerprint density at radius 2 is 1.57 bits per heavy atom. The van der Waals surface area contributed by atoms with Crippen molar-refractivity contribution in [1.82, 2.24) is 10.2 Å². The maximum atomic E-state index is 14.0. The molecule has 3 aromatic rings. The maximum Gasteiger partial charge on any atom is 0.264 e. The van der Waals surface area contributed by atoms with E-state index in [9.17, 15) is 18.0 Å². The minimum Gasteiger partial charge on any atom is -0.497 e. The van der Waals surface area contributed by atoms with E-state index in [4.69, 9.17) is 4.74 Å². The van der Waals surface area contributed by atoms with Crippen molar-refractivity contribution in [3.8, 4) is 5.75 Å². The zero-order valence-corrected chi connectivity index (χ0v) is 24.9. The lowest BCUT2D eigenvalue weighted by atomic mass is 10.1. The van der Waals surface area contributed by atoms with Gasteiger partial charge in [0.1, 0.15) is 18.3 Å². The summed E-state index contributed by atoms with van der Waals surface area (Å²) in [6.07, 6.45) is 0.737. The zero-order chi connectivity index (χ0) is 29.4. The number of sulfonamides is 1. The van der Waals surface area contributed by atoms with Crippen molar-refractivity contribution in [2.75, 3.05) is 18.0 Å². The fraction of sp³-hybridized carbons (Fsp3) is 0.355. The molecule has 0 aromatic heterocycles. The van der Waals surface area contributed by atoms with Gasteiger partial charge >= 0.3 is 0 Å². The lowest BCUT2D eigenvalue weighted by molar-refractivity contribution is -0.139. The number of amides is 2. The molecule has 0 fully saturated rings. The Bertz CT molecular complexity index is 1410. The second-order valence-corrected chi connectivity index (χ2v) is 11.8. The van der Waals surface area contributed by atoms with Crippen LogP contribution in [0.15, 0.2) is 77.7 Å². The van der Waals surface area contributed by atoms with E-state index in [0.29, 0.717) is 11.4 Å². The summed E-state index contributed by atoms with van der Waals surface area (Å²) in [7, 11) is -2.53. The van der Waals surface area contributed by atoms with E-state index in [1.54, 1.807) is 56.5 Å². The normalized spacial score (nSPS) is 12.8. The van der Waals surface area contributed by atoms with Gasteiger partial charge in [-0.25, -0.2) is 8.42 Å². The number of ether oxygens (including phenoxy) is 1. The second-order valence-electron chi connectivity index (χ2n) is 9.91. The molecule has 0 aliphatic rings. The molecule has 1 N–H and O–H groups in total. The quantitative estimate of drug-likeness (QED) is 0.339. The third kappa shape index (κ3) is 7.21. The zero-order valence-electron chi connectivity index (χ0n) is 24.0. The molecule has 2 amide bonds. The van der Waals surface area contributed by atoms with Crippen molar-refractivity contribution >= 4 is 27.5 Å². The Morgan fingerprint density at radius 1 is 0.925 bits per heavy atom. The molecule has 3 aromatic carbocycles. The maximum absolute atomic E-state index is 14.0. The molecule has 8 nitrogen and oxygen atoms in total. The molecule has 0 saturated heterocycles. The predicted molar refractivity (Wildman–Crippen MR) is 158 cm³/mol. The molecule has 40 heavy (non-hydrogen) atoms. The summed E-state index contributed by atoms with van der Waals surface area (Å²) in [5.74, 6) is -0.136. The lowest BCUT2D eigenvalue weighted by Crippen LogP contribution is -2.52. The van der Waals surface area contributed by atoms with Gasteiger partial charge in [0.2, 0.25) is 11.8 Å². The van der Waals surface area contributed by atoms with Crippen LogP contribution in [-0.4, -0.2) is 50.9 Å². The van der Waals surface area contributed by atoms with E-state index in [1.807, 2.05) is 45.9 Å². The molecule has 9 heteroatoms. The summed E-state index contributed by atoms with van der Waals surface area (Å²) < 4.78 is 34.3. The van der Waals surface area contributed by atoms with Crippen LogP contribution in [0.5, 0.6) is 5.75 Å². The first kappa shape index (κ1) is 30.7. The van der Waals surface area contributed by atoms with Crippen LogP contribution >= 0.6 is 0 Å². The number of nitrogens with zero attached hydrogens (tertiary/aromatic N) is 2. The Labute approximate surface area is 238 Å². The topological polar surface area (TPSA) is 96.0 Å². The van der Waals surface area contributed by atoms with Crippen LogP contribution in [0.25, 0.3) is 0 Å². The number of methoxy groups -OCH3 is 1. The standard InChI is InChI=1S/C31H39N3O5S/c1-7-23(3)32-31(36)25(5)33(20-26-16-18-27(39-6)19-17-26)30(35)21-34(29-15-11-12-22(2)24(29)4)40(37,38)28-13-9-8-10-14-28/h8-19,23,25H,7,20-21H2,1-6H3,(H,32,36)/t23-,25+/m0/s1. The largest absolute Gasteiger partial charge is 0.497 e. The summed E-state index contributed by atoms with van der Waals surface area (Å²) in [6.45, 7) is 8.89. The van der Waals surface area contributed by atoms with Gasteiger partial charge in [0.15, 0.2) is 0 Å². The highest BCUT2D eigenvalue weighted by Gasteiger charge is 2.33. The molecule has 0 aliphatic heterocycles. The average molecular weight is 566 g/mol. The van der Waals surface area contributed by atoms with Gasteiger partial charge in [0, 0.05) is 12.6 Å². The summed E-state index contributed by atoms with van der Waals surface area (Å²) in [6, 6.07) is 19.7. The summed E-state index contributed by atoms with van der Waals surface area (Å²) in [5, 5.41) is 2.94. The van der Waals surface area contributed by atoms with Crippen LogP contribution in [0.2, 0.25) is 0 Å². The van der Waals surface area contributed by atoms with Crippen molar-refractivity contribution in [1.29, 1.82) is 0 Å². The van der Waals surface area contributed by atoms with Crippen molar-refractivity contribution in [3.63, 3.8) is 0 Å². The molecule has 0 radical (unpaired) electrons. The van der Waals surface area contributed by atoms with Gasteiger partial charge in [0.25, 0.3) is 10.0 Å². The van der Waals surface area contributed by atoms with Gasteiger partial charge in [0.05, 0.1) is 17.7 Å². The van der Waals surface area contributed by atoms with Gasteiger partial charge in [-0.3, -0.25) is 13.9 Å². The first-order valence-corrected chi connectivity index (χ1v) is 14.8. The van der Waals surface area contributed by atoms with Crippen LogP contribution in [0, 0.1) is 13.8 Å². The average Bonchev–Trinajstić information content (AvgIpc) is 2.96. The molecule has 2 atom stereocenters. The predicted octanol–water partition coefficient (Wildman–Crippen LogP) is 4.84. The monoisotopic (exact) mass is 565 g/mol. The van der Waals surface area contributed by atoms with Crippen LogP contribution < -0.4 is 14.4 Å². The van der Waals surface area contributed by atoms with Crippen molar-refractivity contribution in [3.05, 3.63) is 89.5 Å². The number of carbonyl (C=O) groups is 2. The summed E-state index contributed by atoms with van der Waals surface area (Å²) in [5.41, 5.74) is 2.84. The first-order chi connectivity index (χ1) is 19.0. The Morgan fingerprint density at radius 3 is 2.17 bits per heavy atom. The second kappa shape index (κ2) is 13.5. The Balaban J connectivity index is 2.05. The number of hydrogen-bond acceptors (Lipinski definition) is 5. The molecular formula is C31H39N3O5S. The van der Waals surface area contributed by atoms with Crippen molar-refractivity contribution in [2.45, 2.75) is 64.6 Å². The third-order valence-corrected chi connectivity index (χ3v) is 8.91. The molecule has 0 spiro atoms.